The molecule has 0 aromatic carbocycles. The molecule has 1 saturated heterocycles. The molecule has 1 aromatic rings. The summed E-state index contributed by atoms with van der Waals surface area (Å²) in [7, 11) is -3.49. The highest BCUT2D eigenvalue weighted by molar-refractivity contribution is 7.91. The lowest BCUT2D eigenvalue weighted by molar-refractivity contribution is -0.143. The maximum absolute atomic E-state index is 12.6. The molecule has 0 unspecified atom stereocenters. The van der Waals surface area contributed by atoms with E-state index in [1.54, 1.807) is 6.07 Å². The number of carboxylic acids is 1. The highest BCUT2D eigenvalue weighted by atomic mass is 32.2. The first kappa shape index (κ1) is 17.4. The third kappa shape index (κ3) is 3.47. The Kier molecular flexibility index (Phi) is 4.67. The minimum Gasteiger partial charge on any atom is -0.480 e. The van der Waals surface area contributed by atoms with E-state index in [2.05, 4.69) is 5.32 Å². The van der Waals surface area contributed by atoms with Crippen molar-refractivity contribution in [1.29, 1.82) is 0 Å². The van der Waals surface area contributed by atoms with Crippen LogP contribution in [0.4, 0.5) is 0 Å². The fourth-order valence-electron chi connectivity index (χ4n) is 2.81. The van der Waals surface area contributed by atoms with E-state index in [1.165, 1.54) is 10.4 Å². The number of amides is 1. The lowest BCUT2D eigenvalue weighted by atomic mass is 10.2. The first-order chi connectivity index (χ1) is 11.3. The summed E-state index contributed by atoms with van der Waals surface area (Å²) in [6.45, 7) is 1.08. The number of hydrogen-bond acceptors (Lipinski definition) is 5. The number of carbonyl (C=O) groups excluding carboxylic acids is 1. The van der Waals surface area contributed by atoms with Gasteiger partial charge in [-0.1, -0.05) is 6.42 Å². The van der Waals surface area contributed by atoms with Crippen LogP contribution in [0.2, 0.25) is 0 Å². The van der Waals surface area contributed by atoms with E-state index in [0.717, 1.165) is 30.6 Å². The van der Waals surface area contributed by atoms with Crippen molar-refractivity contribution in [2.24, 2.45) is 0 Å². The number of hydrogen-bond donors (Lipinski definition) is 2. The Morgan fingerprint density at radius 2 is 1.88 bits per heavy atom. The van der Waals surface area contributed by atoms with Crippen LogP contribution < -0.4 is 5.32 Å². The molecular formula is C15H20N2O5S2. The maximum atomic E-state index is 12.6. The number of aliphatic carboxylic acids is 1. The molecule has 9 heteroatoms. The van der Waals surface area contributed by atoms with Gasteiger partial charge < -0.3 is 10.4 Å². The topological polar surface area (TPSA) is 104 Å². The van der Waals surface area contributed by atoms with E-state index in [4.69, 9.17) is 5.11 Å². The van der Waals surface area contributed by atoms with Crippen molar-refractivity contribution in [3.05, 3.63) is 17.0 Å². The maximum Gasteiger partial charge on any atom is 0.329 e. The van der Waals surface area contributed by atoms with Crippen LogP contribution >= 0.6 is 11.3 Å². The normalized spacial score (nSPS) is 20.5. The molecule has 2 fully saturated rings. The average Bonchev–Trinajstić information content (AvgIpc) is 3.17. The van der Waals surface area contributed by atoms with Crippen LogP contribution in [0.3, 0.4) is 0 Å². The summed E-state index contributed by atoms with van der Waals surface area (Å²) in [6, 6.07) is 3.16. The van der Waals surface area contributed by atoms with E-state index in [0.29, 0.717) is 30.8 Å². The van der Waals surface area contributed by atoms with Crippen LogP contribution in [-0.4, -0.2) is 48.3 Å². The standard InChI is InChI=1S/C15H20N2O5S2/c18-12(16-15(6-7-15)14(19)20)10-11-4-5-13(23-11)24(21,22)17-8-2-1-3-9-17/h4-5H,1-3,6-10H2,(H,16,18)(H,19,20). The van der Waals surface area contributed by atoms with Gasteiger partial charge in [0.25, 0.3) is 10.0 Å². The molecule has 2 aliphatic rings. The highest BCUT2D eigenvalue weighted by Gasteiger charge is 2.51. The van der Waals surface area contributed by atoms with Crippen LogP contribution in [0.1, 0.15) is 37.0 Å². The quantitative estimate of drug-likeness (QED) is 0.781. The summed E-state index contributed by atoms with van der Waals surface area (Å²) >= 11 is 1.08. The van der Waals surface area contributed by atoms with Crippen LogP contribution in [0, 0.1) is 0 Å². The smallest absolute Gasteiger partial charge is 0.329 e. The Hall–Kier alpha value is -1.45. The van der Waals surface area contributed by atoms with Gasteiger partial charge in [-0.3, -0.25) is 4.79 Å². The molecule has 0 radical (unpaired) electrons. The second-order valence-electron chi connectivity index (χ2n) is 6.30. The van der Waals surface area contributed by atoms with Crippen molar-refractivity contribution in [2.75, 3.05) is 13.1 Å². The summed E-state index contributed by atoms with van der Waals surface area (Å²) in [4.78, 5) is 23.7. The number of carbonyl (C=O) groups is 2. The highest BCUT2D eigenvalue weighted by Crippen LogP contribution is 2.35. The van der Waals surface area contributed by atoms with Crippen LogP contribution in [0.15, 0.2) is 16.3 Å². The molecule has 7 nitrogen and oxygen atoms in total. The number of nitrogens with one attached hydrogen (secondary N) is 1. The Morgan fingerprint density at radius 1 is 1.21 bits per heavy atom. The van der Waals surface area contributed by atoms with E-state index in [1.807, 2.05) is 0 Å². The lowest BCUT2D eigenvalue weighted by Crippen LogP contribution is -2.43. The van der Waals surface area contributed by atoms with Gasteiger partial charge in [0.2, 0.25) is 5.91 Å². The molecule has 1 aliphatic heterocycles. The molecular weight excluding hydrogens is 352 g/mol. The Balaban J connectivity index is 1.65. The van der Waals surface area contributed by atoms with Gasteiger partial charge in [-0.25, -0.2) is 13.2 Å². The number of nitrogens with zero attached hydrogens (tertiary/aromatic N) is 1. The number of piperidine rings is 1. The number of sulfonamides is 1. The first-order valence-corrected chi connectivity index (χ1v) is 10.2. The minimum atomic E-state index is -3.49. The van der Waals surface area contributed by atoms with Crippen LogP contribution in [-0.2, 0) is 26.0 Å². The van der Waals surface area contributed by atoms with E-state index < -0.39 is 27.4 Å². The molecule has 132 valence electrons. The zero-order chi connectivity index (χ0) is 17.4. The molecule has 1 saturated carbocycles. The summed E-state index contributed by atoms with van der Waals surface area (Å²) in [5, 5.41) is 11.6. The molecule has 3 rings (SSSR count). The molecule has 0 spiro atoms. The average molecular weight is 372 g/mol. The summed E-state index contributed by atoms with van der Waals surface area (Å²) in [6.07, 6.45) is 3.66. The predicted molar refractivity (Wildman–Crippen MR) is 88.4 cm³/mol. The zero-order valence-corrected chi connectivity index (χ0v) is 14.8. The molecule has 2 N–H and O–H groups in total. The van der Waals surface area contributed by atoms with E-state index in [9.17, 15) is 18.0 Å². The first-order valence-electron chi connectivity index (χ1n) is 7.97. The van der Waals surface area contributed by atoms with Crippen molar-refractivity contribution in [3.8, 4) is 0 Å². The van der Waals surface area contributed by atoms with Gasteiger partial charge >= 0.3 is 5.97 Å². The molecule has 0 atom stereocenters. The van der Waals surface area contributed by atoms with Gasteiger partial charge in [-0.15, -0.1) is 11.3 Å². The summed E-state index contributed by atoms with van der Waals surface area (Å²) in [5.41, 5.74) is -1.11. The molecule has 1 aromatic heterocycles. The van der Waals surface area contributed by atoms with E-state index in [-0.39, 0.29) is 10.6 Å². The second kappa shape index (κ2) is 6.45. The van der Waals surface area contributed by atoms with Crippen molar-refractivity contribution >= 4 is 33.2 Å². The Labute approximate surface area is 144 Å². The zero-order valence-electron chi connectivity index (χ0n) is 13.2. The van der Waals surface area contributed by atoms with Crippen molar-refractivity contribution in [3.63, 3.8) is 0 Å². The number of thiophene rings is 1. The monoisotopic (exact) mass is 372 g/mol. The third-order valence-corrected chi connectivity index (χ3v) is 7.87. The van der Waals surface area contributed by atoms with Crippen molar-refractivity contribution < 1.29 is 23.1 Å². The summed E-state index contributed by atoms with van der Waals surface area (Å²) in [5.74, 6) is -1.41. The largest absolute Gasteiger partial charge is 0.480 e. The van der Waals surface area contributed by atoms with Crippen LogP contribution in [0.5, 0.6) is 0 Å². The SMILES string of the molecule is O=C(Cc1ccc(S(=O)(=O)N2CCCCC2)s1)NC1(C(=O)O)CC1. The third-order valence-electron chi connectivity index (χ3n) is 4.42. The van der Waals surface area contributed by atoms with Gasteiger partial charge in [-0.2, -0.15) is 4.31 Å². The van der Waals surface area contributed by atoms with Gasteiger partial charge in [0.15, 0.2) is 0 Å². The van der Waals surface area contributed by atoms with Crippen LogP contribution in [0.25, 0.3) is 0 Å². The fourth-order valence-corrected chi connectivity index (χ4v) is 5.84. The van der Waals surface area contributed by atoms with Crippen molar-refractivity contribution in [2.45, 2.75) is 48.3 Å². The van der Waals surface area contributed by atoms with Gasteiger partial charge in [0.05, 0.1) is 6.42 Å². The minimum absolute atomic E-state index is 0.00475. The number of carboxylic acid groups (broad SMARTS) is 1. The molecule has 1 amide bonds. The van der Waals surface area contributed by atoms with E-state index >= 15 is 0 Å². The fraction of sp³-hybridized carbons (Fsp3) is 0.600. The Bertz CT molecular complexity index is 746. The van der Waals surface area contributed by atoms with Crippen molar-refractivity contribution in [1.82, 2.24) is 9.62 Å². The van der Waals surface area contributed by atoms with Gasteiger partial charge in [0.1, 0.15) is 9.75 Å². The molecule has 0 bridgehead atoms. The van der Waals surface area contributed by atoms with Gasteiger partial charge in [0, 0.05) is 18.0 Å². The second-order valence-corrected chi connectivity index (χ2v) is 9.63. The molecule has 24 heavy (non-hydrogen) atoms. The molecule has 2 heterocycles. The lowest BCUT2D eigenvalue weighted by Gasteiger charge is -2.25. The van der Waals surface area contributed by atoms with Gasteiger partial charge in [-0.05, 0) is 37.8 Å². The summed E-state index contributed by atoms with van der Waals surface area (Å²) < 4.78 is 26.9. The molecule has 1 aliphatic carbocycles. The number of rotatable bonds is 6. The Morgan fingerprint density at radius 3 is 2.46 bits per heavy atom. The predicted octanol–water partition coefficient (Wildman–Crippen LogP) is 1.20.